The molecule has 1 aliphatic heterocycles. The molecule has 0 N–H and O–H groups in total. The number of nitrogens with zero attached hydrogens (tertiary/aromatic N) is 4. The molecule has 0 unspecified atom stereocenters. The summed E-state index contributed by atoms with van der Waals surface area (Å²) in [5.74, 6) is 1.61. The molecule has 0 spiro atoms. The van der Waals surface area contributed by atoms with E-state index in [1.807, 2.05) is 40.7 Å². The molecule has 1 aromatic carbocycles. The van der Waals surface area contributed by atoms with Crippen LogP contribution in [-0.4, -0.2) is 64.6 Å². The van der Waals surface area contributed by atoms with Crippen LogP contribution in [0.3, 0.4) is 0 Å². The Morgan fingerprint density at radius 1 is 1.14 bits per heavy atom. The maximum atomic E-state index is 12.6. The summed E-state index contributed by atoms with van der Waals surface area (Å²) in [6, 6.07) is 7.66. The van der Waals surface area contributed by atoms with Crippen molar-refractivity contribution < 1.29 is 19.1 Å². The Bertz CT molecular complexity index is 845. The minimum Gasteiger partial charge on any atom is -0.497 e. The van der Waals surface area contributed by atoms with Gasteiger partial charge in [-0.2, -0.15) is 0 Å². The van der Waals surface area contributed by atoms with Gasteiger partial charge in [-0.05, 0) is 44.0 Å². The number of carbonyl (C=O) groups excluding carboxylic acids is 2. The Labute approximate surface area is 174 Å². The topological polar surface area (TPSA) is 86.6 Å². The van der Waals surface area contributed by atoms with Crippen molar-refractivity contribution in [2.45, 2.75) is 31.5 Å². The Balaban J connectivity index is 1.60. The van der Waals surface area contributed by atoms with Gasteiger partial charge < -0.3 is 18.9 Å². The molecule has 29 heavy (non-hydrogen) atoms. The molecule has 0 radical (unpaired) electrons. The Hall–Kier alpha value is -2.55. The summed E-state index contributed by atoms with van der Waals surface area (Å²) in [5.41, 5.74) is 0.947. The molecule has 1 aliphatic rings. The Morgan fingerprint density at radius 2 is 1.83 bits per heavy atom. The van der Waals surface area contributed by atoms with Gasteiger partial charge in [-0.1, -0.05) is 11.8 Å². The van der Waals surface area contributed by atoms with Crippen LogP contribution in [0.15, 0.2) is 29.4 Å². The summed E-state index contributed by atoms with van der Waals surface area (Å²) in [5, 5.41) is 9.32. The first kappa shape index (κ1) is 21.2. The summed E-state index contributed by atoms with van der Waals surface area (Å²) < 4.78 is 12.0. The summed E-state index contributed by atoms with van der Waals surface area (Å²) >= 11 is 1.39. The second-order valence-corrected chi connectivity index (χ2v) is 7.69. The molecule has 1 aromatic heterocycles. The highest BCUT2D eigenvalue weighted by molar-refractivity contribution is 7.99. The highest BCUT2D eigenvalue weighted by Crippen LogP contribution is 2.26. The lowest BCUT2D eigenvalue weighted by molar-refractivity contribution is -0.148. The minimum atomic E-state index is -0.186. The molecule has 0 bridgehead atoms. The lowest BCUT2D eigenvalue weighted by Crippen LogP contribution is -2.41. The zero-order valence-electron chi connectivity index (χ0n) is 17.0. The van der Waals surface area contributed by atoms with E-state index in [2.05, 4.69) is 10.2 Å². The van der Waals surface area contributed by atoms with E-state index in [-0.39, 0.29) is 17.8 Å². The fourth-order valence-corrected chi connectivity index (χ4v) is 4.29. The third-order valence-corrected chi connectivity index (χ3v) is 6.04. The van der Waals surface area contributed by atoms with E-state index < -0.39 is 0 Å². The van der Waals surface area contributed by atoms with Gasteiger partial charge in [0.05, 0.1) is 25.9 Å². The molecule has 0 atom stereocenters. The zero-order valence-corrected chi connectivity index (χ0v) is 17.8. The Kier molecular flexibility index (Phi) is 7.13. The van der Waals surface area contributed by atoms with Gasteiger partial charge in [-0.25, -0.2) is 0 Å². The van der Waals surface area contributed by atoms with Crippen LogP contribution in [0.1, 0.15) is 19.8 Å². The number of amides is 1. The van der Waals surface area contributed by atoms with Crippen molar-refractivity contribution in [1.29, 1.82) is 0 Å². The molecule has 8 nitrogen and oxygen atoms in total. The number of hydrogen-bond donors (Lipinski definition) is 0. The molecule has 9 heteroatoms. The van der Waals surface area contributed by atoms with Gasteiger partial charge in [0.25, 0.3) is 0 Å². The fourth-order valence-electron chi connectivity index (χ4n) is 3.38. The maximum Gasteiger partial charge on any atom is 0.308 e. The van der Waals surface area contributed by atoms with E-state index in [1.165, 1.54) is 18.9 Å². The lowest BCUT2D eigenvalue weighted by Gasteiger charge is -2.30. The van der Waals surface area contributed by atoms with E-state index in [4.69, 9.17) is 9.47 Å². The van der Waals surface area contributed by atoms with Crippen molar-refractivity contribution >= 4 is 23.6 Å². The molecule has 156 valence electrons. The van der Waals surface area contributed by atoms with Gasteiger partial charge in [0, 0.05) is 25.2 Å². The van der Waals surface area contributed by atoms with E-state index >= 15 is 0 Å². The normalized spacial score (nSPS) is 14.7. The van der Waals surface area contributed by atoms with Crippen LogP contribution in [0, 0.1) is 5.92 Å². The van der Waals surface area contributed by atoms with E-state index in [1.54, 1.807) is 7.11 Å². The standard InChI is InChI=1S/C20H26N4O4S/c1-4-24-18(14-5-7-16(27-2)8-6-14)21-22-20(24)29-13-17(25)23-11-9-15(10-12-23)19(26)28-3/h5-8,15H,4,9-13H2,1-3H3. The summed E-state index contributed by atoms with van der Waals surface area (Å²) in [7, 11) is 3.04. The smallest absolute Gasteiger partial charge is 0.308 e. The minimum absolute atomic E-state index is 0.0509. The third kappa shape index (κ3) is 4.90. The van der Waals surface area contributed by atoms with Gasteiger partial charge in [0.15, 0.2) is 11.0 Å². The average molecular weight is 419 g/mol. The van der Waals surface area contributed by atoms with Gasteiger partial charge in [-0.3, -0.25) is 9.59 Å². The molecule has 1 fully saturated rings. The SMILES string of the molecule is CCn1c(SCC(=O)N2CCC(C(=O)OC)CC2)nnc1-c1ccc(OC)cc1. The van der Waals surface area contributed by atoms with Crippen LogP contribution in [0.2, 0.25) is 0 Å². The van der Waals surface area contributed by atoms with Crippen LogP contribution < -0.4 is 4.74 Å². The summed E-state index contributed by atoms with van der Waals surface area (Å²) in [4.78, 5) is 26.0. The van der Waals surface area contributed by atoms with Crippen LogP contribution in [0.5, 0.6) is 5.75 Å². The highest BCUT2D eigenvalue weighted by atomic mass is 32.2. The number of hydrogen-bond acceptors (Lipinski definition) is 7. The van der Waals surface area contributed by atoms with Crippen LogP contribution in [0.25, 0.3) is 11.4 Å². The molecule has 1 saturated heterocycles. The maximum absolute atomic E-state index is 12.6. The van der Waals surface area contributed by atoms with Crippen molar-refractivity contribution in [3.05, 3.63) is 24.3 Å². The molecular weight excluding hydrogens is 392 g/mol. The second kappa shape index (κ2) is 9.78. The van der Waals surface area contributed by atoms with E-state index in [0.29, 0.717) is 38.2 Å². The number of rotatable bonds is 7. The first-order valence-electron chi connectivity index (χ1n) is 9.63. The van der Waals surface area contributed by atoms with Crippen molar-refractivity contribution in [3.63, 3.8) is 0 Å². The molecule has 0 aliphatic carbocycles. The predicted octanol–water partition coefficient (Wildman–Crippen LogP) is 2.48. The monoisotopic (exact) mass is 418 g/mol. The average Bonchev–Trinajstić information content (AvgIpc) is 3.19. The lowest BCUT2D eigenvalue weighted by atomic mass is 9.97. The van der Waals surface area contributed by atoms with Crippen LogP contribution in [-0.2, 0) is 20.9 Å². The quantitative estimate of drug-likeness (QED) is 0.504. The van der Waals surface area contributed by atoms with Gasteiger partial charge in [0.1, 0.15) is 5.75 Å². The number of esters is 1. The number of piperidine rings is 1. The third-order valence-electron chi connectivity index (χ3n) is 5.09. The van der Waals surface area contributed by atoms with E-state index in [9.17, 15) is 9.59 Å². The zero-order chi connectivity index (χ0) is 20.8. The molecule has 3 rings (SSSR count). The van der Waals surface area contributed by atoms with E-state index in [0.717, 1.165) is 22.3 Å². The van der Waals surface area contributed by atoms with Crippen molar-refractivity contribution in [2.24, 2.45) is 5.92 Å². The first-order chi connectivity index (χ1) is 14.1. The number of ether oxygens (including phenoxy) is 2. The Morgan fingerprint density at radius 3 is 2.41 bits per heavy atom. The molecular formula is C20H26N4O4S. The largest absolute Gasteiger partial charge is 0.497 e. The highest BCUT2D eigenvalue weighted by Gasteiger charge is 2.28. The number of carbonyl (C=O) groups is 2. The molecule has 0 saturated carbocycles. The number of methoxy groups -OCH3 is 2. The number of benzene rings is 1. The van der Waals surface area contributed by atoms with Gasteiger partial charge in [0.2, 0.25) is 5.91 Å². The van der Waals surface area contributed by atoms with Crippen LogP contribution in [0.4, 0.5) is 0 Å². The predicted molar refractivity (Wildman–Crippen MR) is 110 cm³/mol. The summed E-state index contributed by atoms with van der Waals surface area (Å²) in [6.07, 6.45) is 1.30. The van der Waals surface area contributed by atoms with Crippen LogP contribution >= 0.6 is 11.8 Å². The number of thioether (sulfide) groups is 1. The van der Waals surface area contributed by atoms with Gasteiger partial charge >= 0.3 is 5.97 Å². The number of likely N-dealkylation sites (tertiary alicyclic amines) is 1. The second-order valence-electron chi connectivity index (χ2n) is 6.75. The molecule has 1 amide bonds. The summed E-state index contributed by atoms with van der Waals surface area (Å²) in [6.45, 7) is 3.89. The first-order valence-corrected chi connectivity index (χ1v) is 10.6. The van der Waals surface area contributed by atoms with Crippen molar-refractivity contribution in [1.82, 2.24) is 19.7 Å². The van der Waals surface area contributed by atoms with Crippen molar-refractivity contribution in [2.75, 3.05) is 33.1 Å². The number of aromatic nitrogens is 3. The molecule has 2 aromatic rings. The molecule has 2 heterocycles. The van der Waals surface area contributed by atoms with Crippen molar-refractivity contribution in [3.8, 4) is 17.1 Å². The van der Waals surface area contributed by atoms with Gasteiger partial charge in [-0.15, -0.1) is 10.2 Å². The fraction of sp³-hybridized carbons (Fsp3) is 0.500.